The van der Waals surface area contributed by atoms with Crippen LogP contribution in [-0.2, 0) is 4.79 Å². The third-order valence-electron chi connectivity index (χ3n) is 5.01. The normalized spacial score (nSPS) is 17.5. The summed E-state index contributed by atoms with van der Waals surface area (Å²) in [5, 5.41) is 0. The molecule has 2 aromatic carbocycles. The van der Waals surface area contributed by atoms with Gasteiger partial charge < -0.3 is 14.2 Å². The molecule has 0 saturated carbocycles. The van der Waals surface area contributed by atoms with Gasteiger partial charge in [-0.05, 0) is 50.2 Å². The molecule has 1 aliphatic rings. The minimum atomic E-state index is 0.0967. The second kappa shape index (κ2) is 6.48. The van der Waals surface area contributed by atoms with Gasteiger partial charge in [-0.1, -0.05) is 12.1 Å². The van der Waals surface area contributed by atoms with Crippen molar-refractivity contribution in [2.75, 3.05) is 18.6 Å². The Hall–Kier alpha value is -2.82. The van der Waals surface area contributed by atoms with Gasteiger partial charge in [-0.25, -0.2) is 4.98 Å². The topological polar surface area (TPSA) is 47.4 Å². The van der Waals surface area contributed by atoms with Crippen LogP contribution in [0.5, 0.6) is 5.75 Å². The van der Waals surface area contributed by atoms with Gasteiger partial charge in [0.05, 0.1) is 18.1 Å². The molecule has 5 nitrogen and oxygen atoms in total. The summed E-state index contributed by atoms with van der Waals surface area (Å²) in [6.45, 7) is 4.98. The second-order valence-electron chi connectivity index (χ2n) is 7.03. The van der Waals surface area contributed by atoms with Gasteiger partial charge in [0.1, 0.15) is 11.6 Å². The molecule has 26 heavy (non-hydrogen) atoms. The van der Waals surface area contributed by atoms with Crippen molar-refractivity contribution in [1.29, 1.82) is 0 Å². The van der Waals surface area contributed by atoms with Crippen LogP contribution in [0.1, 0.15) is 38.1 Å². The van der Waals surface area contributed by atoms with Crippen molar-refractivity contribution in [3.05, 3.63) is 54.4 Å². The van der Waals surface area contributed by atoms with Gasteiger partial charge in [-0.3, -0.25) is 4.79 Å². The third-order valence-corrected chi connectivity index (χ3v) is 5.01. The average molecular weight is 349 g/mol. The number of carbonyl (C=O) groups excluding carboxylic acids is 1. The van der Waals surface area contributed by atoms with E-state index in [0.717, 1.165) is 28.3 Å². The molecule has 1 aliphatic heterocycles. The molecule has 2 heterocycles. The lowest BCUT2D eigenvalue weighted by Crippen LogP contribution is -2.24. The molecule has 0 unspecified atom stereocenters. The summed E-state index contributed by atoms with van der Waals surface area (Å²) in [5.41, 5.74) is 3.03. The van der Waals surface area contributed by atoms with Gasteiger partial charge in [-0.15, -0.1) is 0 Å². The molecule has 0 bridgehead atoms. The minimum Gasteiger partial charge on any atom is -0.497 e. The Labute approximate surface area is 153 Å². The van der Waals surface area contributed by atoms with Crippen molar-refractivity contribution in [1.82, 2.24) is 9.55 Å². The van der Waals surface area contributed by atoms with E-state index in [1.165, 1.54) is 0 Å². The smallest absolute Gasteiger partial charge is 0.227 e. The summed E-state index contributed by atoms with van der Waals surface area (Å²) in [7, 11) is 1.64. The molecular weight excluding hydrogens is 326 g/mol. The number of hydrogen-bond donors (Lipinski definition) is 0. The van der Waals surface area contributed by atoms with Gasteiger partial charge in [0.25, 0.3) is 0 Å². The number of rotatable bonds is 4. The number of amides is 1. The lowest BCUT2D eigenvalue weighted by atomic mass is 10.1. The molecule has 0 aliphatic carbocycles. The fourth-order valence-corrected chi connectivity index (χ4v) is 3.79. The molecular formula is C21H23N3O2. The zero-order valence-electron chi connectivity index (χ0n) is 15.3. The number of imidazole rings is 1. The number of methoxy groups -OCH3 is 1. The number of nitrogens with zero attached hydrogens (tertiary/aromatic N) is 3. The molecule has 5 heteroatoms. The maximum Gasteiger partial charge on any atom is 0.227 e. The Morgan fingerprint density at radius 1 is 1.12 bits per heavy atom. The monoisotopic (exact) mass is 349 g/mol. The molecule has 4 rings (SSSR count). The summed E-state index contributed by atoms with van der Waals surface area (Å²) in [6.07, 6.45) is 0.488. The largest absolute Gasteiger partial charge is 0.497 e. The van der Waals surface area contributed by atoms with E-state index < -0.39 is 0 Å². The Morgan fingerprint density at radius 2 is 1.85 bits per heavy atom. The van der Waals surface area contributed by atoms with Crippen LogP contribution in [0.3, 0.4) is 0 Å². The van der Waals surface area contributed by atoms with Crippen molar-refractivity contribution >= 4 is 22.6 Å². The zero-order valence-corrected chi connectivity index (χ0v) is 15.3. The van der Waals surface area contributed by atoms with E-state index in [2.05, 4.69) is 24.5 Å². The molecule has 0 N–H and O–H groups in total. The van der Waals surface area contributed by atoms with Gasteiger partial charge >= 0.3 is 0 Å². The molecule has 1 fully saturated rings. The average Bonchev–Trinajstić information content (AvgIpc) is 3.22. The number of carbonyl (C=O) groups is 1. The van der Waals surface area contributed by atoms with E-state index in [4.69, 9.17) is 9.72 Å². The van der Waals surface area contributed by atoms with E-state index in [9.17, 15) is 4.79 Å². The van der Waals surface area contributed by atoms with Crippen LogP contribution in [0, 0.1) is 0 Å². The number of benzene rings is 2. The summed E-state index contributed by atoms with van der Waals surface area (Å²) < 4.78 is 7.48. The van der Waals surface area contributed by atoms with Crippen molar-refractivity contribution in [3.63, 3.8) is 0 Å². The number of para-hydroxylation sites is 2. The molecule has 3 aromatic rings. The van der Waals surface area contributed by atoms with Crippen molar-refractivity contribution in [2.24, 2.45) is 0 Å². The van der Waals surface area contributed by atoms with Gasteiger partial charge in [0.2, 0.25) is 5.91 Å². The maximum atomic E-state index is 12.7. The highest BCUT2D eigenvalue weighted by Crippen LogP contribution is 2.35. The van der Waals surface area contributed by atoms with Gasteiger partial charge in [0.15, 0.2) is 0 Å². The Bertz CT molecular complexity index is 944. The van der Waals surface area contributed by atoms with Gasteiger partial charge in [-0.2, -0.15) is 0 Å². The van der Waals surface area contributed by atoms with Gasteiger partial charge in [0, 0.05) is 30.6 Å². The predicted molar refractivity (Wildman–Crippen MR) is 103 cm³/mol. The van der Waals surface area contributed by atoms with Crippen molar-refractivity contribution in [3.8, 4) is 5.75 Å². The molecule has 134 valence electrons. The van der Waals surface area contributed by atoms with Crippen LogP contribution in [-0.4, -0.2) is 29.1 Å². The Kier molecular flexibility index (Phi) is 4.15. The quantitative estimate of drug-likeness (QED) is 0.711. The SMILES string of the molecule is COc1ccc(N2C[C@@H](c3nc4ccccc4n3C(C)C)CC2=O)cc1. The summed E-state index contributed by atoms with van der Waals surface area (Å²) in [4.78, 5) is 19.4. The van der Waals surface area contributed by atoms with Crippen LogP contribution in [0.4, 0.5) is 5.69 Å². The molecule has 1 aromatic heterocycles. The highest BCUT2D eigenvalue weighted by molar-refractivity contribution is 5.96. The zero-order chi connectivity index (χ0) is 18.3. The first-order valence-electron chi connectivity index (χ1n) is 8.99. The minimum absolute atomic E-state index is 0.0967. The number of fused-ring (bicyclic) bond motifs is 1. The van der Waals surface area contributed by atoms with Crippen LogP contribution in [0.25, 0.3) is 11.0 Å². The first kappa shape index (κ1) is 16.6. The molecule has 1 amide bonds. The summed E-state index contributed by atoms with van der Waals surface area (Å²) in [5.74, 6) is 2.03. The summed E-state index contributed by atoms with van der Waals surface area (Å²) in [6, 6.07) is 16.1. The van der Waals surface area contributed by atoms with E-state index in [-0.39, 0.29) is 11.8 Å². The number of anilines is 1. The molecule has 0 spiro atoms. The van der Waals surface area contributed by atoms with E-state index in [1.807, 2.05) is 47.4 Å². The predicted octanol–water partition coefficient (Wildman–Crippen LogP) is 4.15. The fraction of sp³-hybridized carbons (Fsp3) is 0.333. The lowest BCUT2D eigenvalue weighted by molar-refractivity contribution is -0.117. The van der Waals surface area contributed by atoms with E-state index in [0.29, 0.717) is 19.0 Å². The highest BCUT2D eigenvalue weighted by Gasteiger charge is 2.35. The molecule has 0 radical (unpaired) electrons. The molecule has 1 saturated heterocycles. The van der Waals surface area contributed by atoms with Crippen LogP contribution in [0.2, 0.25) is 0 Å². The van der Waals surface area contributed by atoms with Crippen LogP contribution in [0.15, 0.2) is 48.5 Å². The lowest BCUT2D eigenvalue weighted by Gasteiger charge is -2.19. The van der Waals surface area contributed by atoms with Crippen LogP contribution >= 0.6 is 0 Å². The number of hydrogen-bond acceptors (Lipinski definition) is 3. The Morgan fingerprint density at radius 3 is 2.54 bits per heavy atom. The standard InChI is InChI=1S/C21H23N3O2/c1-14(2)24-19-7-5-4-6-18(19)22-21(24)15-12-20(25)23(13-15)16-8-10-17(26-3)11-9-16/h4-11,14-15H,12-13H2,1-3H3/t15-/m0/s1. The molecule has 1 atom stereocenters. The first-order chi connectivity index (χ1) is 12.6. The van der Waals surface area contributed by atoms with E-state index in [1.54, 1.807) is 7.11 Å². The van der Waals surface area contributed by atoms with Crippen molar-refractivity contribution < 1.29 is 9.53 Å². The fourth-order valence-electron chi connectivity index (χ4n) is 3.79. The van der Waals surface area contributed by atoms with Crippen LogP contribution < -0.4 is 9.64 Å². The second-order valence-corrected chi connectivity index (χ2v) is 7.03. The maximum absolute atomic E-state index is 12.7. The highest BCUT2D eigenvalue weighted by atomic mass is 16.5. The third kappa shape index (κ3) is 2.73. The van der Waals surface area contributed by atoms with Crippen molar-refractivity contribution in [2.45, 2.75) is 32.2 Å². The number of ether oxygens (including phenoxy) is 1. The van der Waals surface area contributed by atoms with E-state index >= 15 is 0 Å². The summed E-state index contributed by atoms with van der Waals surface area (Å²) >= 11 is 0. The number of aromatic nitrogens is 2. The Balaban J connectivity index is 1.68. The first-order valence-corrected chi connectivity index (χ1v) is 8.99.